The zero-order chi connectivity index (χ0) is 25.2. The molecular weight excluding hydrogens is 456 g/mol. The first kappa shape index (κ1) is 24.0. The molecule has 2 aliphatic heterocycles. The van der Waals surface area contributed by atoms with Crippen LogP contribution in [-0.4, -0.2) is 76.7 Å². The number of primary amides is 1. The minimum Gasteiger partial charge on any atom is -0.394 e. The molecule has 10 heteroatoms. The quantitative estimate of drug-likeness (QED) is 0.460. The molecule has 188 valence electrons. The van der Waals surface area contributed by atoms with Crippen LogP contribution in [0, 0.1) is 0 Å². The van der Waals surface area contributed by atoms with Crippen molar-refractivity contribution >= 4 is 23.5 Å². The van der Waals surface area contributed by atoms with Crippen LogP contribution in [0.1, 0.15) is 32.7 Å². The number of piperazine rings is 1. The molecule has 2 aromatic heterocycles. The predicted molar refractivity (Wildman–Crippen MR) is 139 cm³/mol. The lowest BCUT2D eigenvalue weighted by molar-refractivity contribution is 0.0995. The summed E-state index contributed by atoms with van der Waals surface area (Å²) >= 11 is 0. The van der Waals surface area contributed by atoms with Gasteiger partial charge in [0.25, 0.3) is 5.91 Å². The maximum absolute atomic E-state index is 11.3. The maximum atomic E-state index is 11.3. The van der Waals surface area contributed by atoms with Gasteiger partial charge in [0, 0.05) is 45.0 Å². The Labute approximate surface area is 210 Å². The van der Waals surface area contributed by atoms with E-state index in [1.807, 2.05) is 12.1 Å². The van der Waals surface area contributed by atoms with Gasteiger partial charge in [-0.2, -0.15) is 9.97 Å². The molecule has 1 unspecified atom stereocenters. The van der Waals surface area contributed by atoms with Gasteiger partial charge in [0.05, 0.1) is 12.6 Å². The van der Waals surface area contributed by atoms with Crippen LogP contribution in [-0.2, 0) is 19.4 Å². The Morgan fingerprint density at radius 2 is 1.78 bits per heavy atom. The average molecular weight is 489 g/mol. The Hall–Kier alpha value is -3.76. The van der Waals surface area contributed by atoms with Gasteiger partial charge in [0.1, 0.15) is 17.3 Å². The molecule has 1 amide bonds. The first-order chi connectivity index (χ1) is 17.4. The molecule has 0 bridgehead atoms. The number of aliphatic hydroxyl groups is 1. The zero-order valence-electron chi connectivity index (χ0n) is 20.5. The van der Waals surface area contributed by atoms with Gasteiger partial charge in [-0.25, -0.2) is 0 Å². The topological polar surface area (TPSA) is 138 Å². The fourth-order valence-electron chi connectivity index (χ4n) is 4.94. The molecular formula is C26H32N8O2. The molecule has 1 fully saturated rings. The number of nitrogen functional groups attached to an aromatic ring is 1. The third-order valence-corrected chi connectivity index (χ3v) is 7.04. The molecule has 4 heterocycles. The number of likely N-dealkylation sites (N-methyl/N-ethyl adjacent to an activating group) is 1. The molecule has 0 radical (unpaired) electrons. The van der Waals surface area contributed by atoms with Crippen molar-refractivity contribution in [2.45, 2.75) is 25.4 Å². The number of aromatic nitrogens is 3. The van der Waals surface area contributed by atoms with E-state index in [9.17, 15) is 9.90 Å². The molecule has 0 saturated carbocycles. The summed E-state index contributed by atoms with van der Waals surface area (Å²) in [5.41, 5.74) is 16.3. The molecule has 1 saturated heterocycles. The van der Waals surface area contributed by atoms with Crippen molar-refractivity contribution < 1.29 is 9.90 Å². The second-order valence-electron chi connectivity index (χ2n) is 9.60. The highest BCUT2D eigenvalue weighted by Gasteiger charge is 2.28. The van der Waals surface area contributed by atoms with Gasteiger partial charge in [0.2, 0.25) is 5.95 Å². The summed E-state index contributed by atoms with van der Waals surface area (Å²) in [5, 5.41) is 10.2. The number of rotatable bonds is 6. The van der Waals surface area contributed by atoms with Crippen LogP contribution >= 0.6 is 0 Å². The molecule has 2 aliphatic rings. The van der Waals surface area contributed by atoms with E-state index in [0.717, 1.165) is 48.9 Å². The molecule has 1 aromatic carbocycles. The smallest absolute Gasteiger partial charge is 0.267 e. The summed E-state index contributed by atoms with van der Waals surface area (Å²) in [6.45, 7) is 4.35. The first-order valence-electron chi connectivity index (χ1n) is 12.2. The summed E-state index contributed by atoms with van der Waals surface area (Å²) in [6, 6.07) is 11.9. The van der Waals surface area contributed by atoms with E-state index in [1.54, 1.807) is 12.3 Å². The van der Waals surface area contributed by atoms with Crippen LogP contribution in [0.15, 0.2) is 42.6 Å². The zero-order valence-corrected chi connectivity index (χ0v) is 20.5. The van der Waals surface area contributed by atoms with Gasteiger partial charge in [-0.15, -0.1) is 0 Å². The Kier molecular flexibility index (Phi) is 6.71. The van der Waals surface area contributed by atoms with E-state index in [2.05, 4.69) is 54.9 Å². The van der Waals surface area contributed by atoms with Gasteiger partial charge >= 0.3 is 0 Å². The minimum atomic E-state index is -0.532. The molecule has 5 rings (SSSR count). The SMILES string of the molecule is CN1CCN(c2cc(N3Cc4cc(Cc5ccc(C(N)=O)nc5)ccc4CC3CO)nc(N)n2)CC1. The number of carbonyl (C=O) groups excluding carboxylic acids is 1. The van der Waals surface area contributed by atoms with Gasteiger partial charge in [-0.05, 0) is 48.2 Å². The Morgan fingerprint density at radius 3 is 2.47 bits per heavy atom. The van der Waals surface area contributed by atoms with Gasteiger partial charge < -0.3 is 31.3 Å². The number of pyridine rings is 1. The number of amides is 1. The number of nitrogens with two attached hydrogens (primary N) is 2. The van der Waals surface area contributed by atoms with Crippen molar-refractivity contribution in [2.24, 2.45) is 5.73 Å². The minimum absolute atomic E-state index is 0.0207. The van der Waals surface area contributed by atoms with E-state index >= 15 is 0 Å². The third kappa shape index (κ3) is 5.09. The fourth-order valence-corrected chi connectivity index (χ4v) is 4.94. The number of carbonyl (C=O) groups is 1. The predicted octanol–water partition coefficient (Wildman–Crippen LogP) is 0.819. The van der Waals surface area contributed by atoms with Crippen LogP contribution in [0.25, 0.3) is 0 Å². The second-order valence-corrected chi connectivity index (χ2v) is 9.60. The Bertz CT molecular complexity index is 1240. The van der Waals surface area contributed by atoms with Crippen molar-refractivity contribution in [1.29, 1.82) is 0 Å². The normalized spacial score (nSPS) is 18.2. The van der Waals surface area contributed by atoms with E-state index < -0.39 is 5.91 Å². The number of anilines is 3. The average Bonchev–Trinajstić information content (AvgIpc) is 2.88. The van der Waals surface area contributed by atoms with Crippen molar-refractivity contribution in [3.05, 3.63) is 70.5 Å². The fraction of sp³-hybridized carbons (Fsp3) is 0.385. The lowest BCUT2D eigenvalue weighted by atomic mass is 9.91. The van der Waals surface area contributed by atoms with Crippen LogP contribution in [0.5, 0.6) is 0 Å². The molecule has 5 N–H and O–H groups in total. The van der Waals surface area contributed by atoms with Crippen molar-refractivity contribution in [2.75, 3.05) is 55.4 Å². The summed E-state index contributed by atoms with van der Waals surface area (Å²) in [4.78, 5) is 31.2. The summed E-state index contributed by atoms with van der Waals surface area (Å²) in [7, 11) is 2.12. The largest absolute Gasteiger partial charge is 0.394 e. The van der Waals surface area contributed by atoms with Crippen LogP contribution in [0.3, 0.4) is 0 Å². The highest BCUT2D eigenvalue weighted by Crippen LogP contribution is 2.31. The molecule has 3 aromatic rings. The lowest BCUT2D eigenvalue weighted by Gasteiger charge is -2.38. The highest BCUT2D eigenvalue weighted by atomic mass is 16.3. The molecule has 1 atom stereocenters. The van der Waals surface area contributed by atoms with Crippen LogP contribution < -0.4 is 21.3 Å². The third-order valence-electron chi connectivity index (χ3n) is 7.04. The van der Waals surface area contributed by atoms with Crippen molar-refractivity contribution in [3.8, 4) is 0 Å². The van der Waals surface area contributed by atoms with Gasteiger partial charge in [0.15, 0.2) is 0 Å². The van der Waals surface area contributed by atoms with Gasteiger partial charge in [-0.1, -0.05) is 24.3 Å². The molecule has 10 nitrogen and oxygen atoms in total. The standard InChI is InChI=1S/C26H32N8O2/c1-32-6-8-33(9-7-32)23-13-24(31-26(28)30-23)34-15-20-11-17(2-4-19(20)12-21(34)16-35)10-18-3-5-22(25(27)36)29-14-18/h2-5,11,13-14,21,35H,6-10,12,15-16H2,1H3,(H2,27,36)(H2,28,30,31). The van der Waals surface area contributed by atoms with E-state index in [4.69, 9.17) is 11.5 Å². The number of nitrogens with zero attached hydrogens (tertiary/aromatic N) is 6. The van der Waals surface area contributed by atoms with Crippen LogP contribution in [0.2, 0.25) is 0 Å². The number of aliphatic hydroxyl groups excluding tert-OH is 1. The number of hydrogen-bond acceptors (Lipinski definition) is 9. The first-order valence-corrected chi connectivity index (χ1v) is 12.2. The maximum Gasteiger partial charge on any atom is 0.267 e. The van der Waals surface area contributed by atoms with E-state index in [0.29, 0.717) is 19.4 Å². The monoisotopic (exact) mass is 488 g/mol. The molecule has 36 heavy (non-hydrogen) atoms. The lowest BCUT2D eigenvalue weighted by Crippen LogP contribution is -2.45. The second kappa shape index (κ2) is 10.1. The van der Waals surface area contributed by atoms with E-state index in [-0.39, 0.29) is 24.3 Å². The highest BCUT2D eigenvalue weighted by molar-refractivity contribution is 5.90. The van der Waals surface area contributed by atoms with Crippen molar-refractivity contribution in [3.63, 3.8) is 0 Å². The van der Waals surface area contributed by atoms with Gasteiger partial charge in [-0.3, -0.25) is 9.78 Å². The number of fused-ring (bicyclic) bond motifs is 1. The molecule has 0 aliphatic carbocycles. The Balaban J connectivity index is 1.39. The summed E-state index contributed by atoms with van der Waals surface area (Å²) < 4.78 is 0. The summed E-state index contributed by atoms with van der Waals surface area (Å²) in [6.07, 6.45) is 3.10. The van der Waals surface area contributed by atoms with E-state index in [1.165, 1.54) is 11.1 Å². The number of hydrogen-bond donors (Lipinski definition) is 3. The molecule has 0 spiro atoms. The number of benzene rings is 1. The Morgan fingerprint density at radius 1 is 1.03 bits per heavy atom. The van der Waals surface area contributed by atoms with Crippen molar-refractivity contribution in [1.82, 2.24) is 19.9 Å². The summed E-state index contributed by atoms with van der Waals surface area (Å²) in [5.74, 6) is 1.27. The van der Waals surface area contributed by atoms with Crippen LogP contribution in [0.4, 0.5) is 17.6 Å².